The molecule has 0 bridgehead atoms. The second-order valence-corrected chi connectivity index (χ2v) is 8.15. The Hall–Kier alpha value is -0.0800. The second-order valence-electron chi connectivity index (χ2n) is 8.15. The van der Waals surface area contributed by atoms with Crippen LogP contribution in [0.25, 0.3) is 0 Å². The highest BCUT2D eigenvalue weighted by atomic mass is 15.2. The van der Waals surface area contributed by atoms with Gasteiger partial charge in [-0.05, 0) is 76.4 Å². The third-order valence-corrected chi connectivity index (χ3v) is 5.79. The summed E-state index contributed by atoms with van der Waals surface area (Å²) in [5, 5.41) is 3.34. The zero-order chi connectivity index (χ0) is 14.6. The molecule has 1 atom stereocenters. The van der Waals surface area contributed by atoms with Crippen LogP contribution in [0.4, 0.5) is 0 Å². The van der Waals surface area contributed by atoms with Crippen molar-refractivity contribution >= 4 is 0 Å². The minimum atomic E-state index is 0.512. The van der Waals surface area contributed by atoms with E-state index in [4.69, 9.17) is 0 Å². The van der Waals surface area contributed by atoms with Gasteiger partial charge in [0, 0.05) is 12.1 Å². The van der Waals surface area contributed by atoms with Crippen molar-refractivity contribution in [1.82, 2.24) is 10.2 Å². The SMILES string of the molecule is CNCCC1CCCCN1C1CCC(C(C)(C)C)CC1. The molecule has 2 fully saturated rings. The van der Waals surface area contributed by atoms with Gasteiger partial charge in [-0.3, -0.25) is 4.90 Å². The van der Waals surface area contributed by atoms with Crippen molar-refractivity contribution in [3.05, 3.63) is 0 Å². The Labute approximate surface area is 126 Å². The lowest BCUT2D eigenvalue weighted by Crippen LogP contribution is -2.49. The zero-order valence-electron chi connectivity index (χ0n) is 14.3. The molecule has 2 nitrogen and oxygen atoms in total. The molecule has 0 aromatic rings. The standard InChI is InChI=1S/C18H36N2/c1-18(2,3)15-8-10-17(11-9-15)20-14-6-5-7-16(20)12-13-19-4/h15-17,19H,5-14H2,1-4H3. The van der Waals surface area contributed by atoms with Crippen molar-refractivity contribution in [2.24, 2.45) is 11.3 Å². The van der Waals surface area contributed by atoms with Crippen LogP contribution >= 0.6 is 0 Å². The van der Waals surface area contributed by atoms with Gasteiger partial charge in [-0.1, -0.05) is 27.2 Å². The Morgan fingerprint density at radius 1 is 1.00 bits per heavy atom. The largest absolute Gasteiger partial charge is 0.320 e. The van der Waals surface area contributed by atoms with E-state index in [1.54, 1.807) is 0 Å². The summed E-state index contributed by atoms with van der Waals surface area (Å²) in [6.07, 6.45) is 11.4. The first-order chi connectivity index (χ1) is 9.52. The van der Waals surface area contributed by atoms with Crippen molar-refractivity contribution in [2.45, 2.75) is 84.2 Å². The fourth-order valence-corrected chi connectivity index (χ4v) is 4.40. The highest BCUT2D eigenvalue weighted by Gasteiger charge is 2.34. The lowest BCUT2D eigenvalue weighted by atomic mass is 9.71. The fraction of sp³-hybridized carbons (Fsp3) is 1.00. The predicted octanol–water partition coefficient (Wildman–Crippen LogP) is 4.06. The molecule has 0 amide bonds. The van der Waals surface area contributed by atoms with Crippen LogP contribution in [-0.4, -0.2) is 37.1 Å². The first kappa shape index (κ1) is 16.3. The topological polar surface area (TPSA) is 15.3 Å². The summed E-state index contributed by atoms with van der Waals surface area (Å²) in [7, 11) is 2.09. The molecule has 0 radical (unpaired) electrons. The number of rotatable bonds is 4. The van der Waals surface area contributed by atoms with Crippen molar-refractivity contribution < 1.29 is 0 Å². The normalized spacial score (nSPS) is 33.3. The maximum atomic E-state index is 3.34. The molecular formula is C18H36N2. The van der Waals surface area contributed by atoms with Gasteiger partial charge in [-0.2, -0.15) is 0 Å². The van der Waals surface area contributed by atoms with Crippen LogP contribution in [0.2, 0.25) is 0 Å². The molecule has 1 heterocycles. The highest BCUT2D eigenvalue weighted by molar-refractivity contribution is 4.89. The molecule has 1 saturated heterocycles. The van der Waals surface area contributed by atoms with E-state index in [1.165, 1.54) is 64.5 Å². The molecule has 1 aliphatic carbocycles. The molecule has 1 saturated carbocycles. The number of hydrogen-bond donors (Lipinski definition) is 1. The third-order valence-electron chi connectivity index (χ3n) is 5.79. The van der Waals surface area contributed by atoms with Gasteiger partial charge in [0.2, 0.25) is 0 Å². The molecule has 1 aliphatic heterocycles. The first-order valence-electron chi connectivity index (χ1n) is 8.92. The summed E-state index contributed by atoms with van der Waals surface area (Å²) >= 11 is 0. The Morgan fingerprint density at radius 2 is 1.70 bits per heavy atom. The fourth-order valence-electron chi connectivity index (χ4n) is 4.40. The quantitative estimate of drug-likeness (QED) is 0.835. The first-order valence-corrected chi connectivity index (χ1v) is 8.92. The average Bonchev–Trinajstić information content (AvgIpc) is 2.45. The van der Waals surface area contributed by atoms with Crippen molar-refractivity contribution in [3.63, 3.8) is 0 Å². The molecule has 0 aromatic carbocycles. The minimum absolute atomic E-state index is 0.512. The Kier molecular flexibility index (Phi) is 5.92. The smallest absolute Gasteiger partial charge is 0.0110 e. The molecule has 2 heteroatoms. The number of piperidine rings is 1. The van der Waals surface area contributed by atoms with Crippen LogP contribution in [0.15, 0.2) is 0 Å². The molecule has 0 aromatic heterocycles. The second kappa shape index (κ2) is 7.26. The predicted molar refractivity (Wildman–Crippen MR) is 88.1 cm³/mol. The lowest BCUT2D eigenvalue weighted by molar-refractivity contribution is 0.0424. The molecular weight excluding hydrogens is 244 g/mol. The van der Waals surface area contributed by atoms with E-state index < -0.39 is 0 Å². The van der Waals surface area contributed by atoms with E-state index in [9.17, 15) is 0 Å². The summed E-state index contributed by atoms with van der Waals surface area (Å²) in [6.45, 7) is 9.82. The minimum Gasteiger partial charge on any atom is -0.320 e. The zero-order valence-corrected chi connectivity index (χ0v) is 14.3. The summed E-state index contributed by atoms with van der Waals surface area (Å²) in [5.74, 6) is 0.944. The lowest BCUT2D eigenvalue weighted by Gasteiger charge is -2.46. The summed E-state index contributed by atoms with van der Waals surface area (Å²) in [4.78, 5) is 2.89. The Bertz CT molecular complexity index is 274. The van der Waals surface area contributed by atoms with E-state index in [1.807, 2.05) is 0 Å². The van der Waals surface area contributed by atoms with E-state index in [-0.39, 0.29) is 0 Å². The maximum absolute atomic E-state index is 3.34. The molecule has 1 unspecified atom stereocenters. The van der Waals surface area contributed by atoms with Gasteiger partial charge < -0.3 is 5.32 Å². The average molecular weight is 281 g/mol. The van der Waals surface area contributed by atoms with Crippen molar-refractivity contribution in [3.8, 4) is 0 Å². The molecule has 1 N–H and O–H groups in total. The monoisotopic (exact) mass is 280 g/mol. The third kappa shape index (κ3) is 4.21. The number of likely N-dealkylation sites (tertiary alicyclic amines) is 1. The van der Waals surface area contributed by atoms with Crippen LogP contribution < -0.4 is 5.32 Å². The van der Waals surface area contributed by atoms with Crippen LogP contribution in [0, 0.1) is 11.3 Å². The van der Waals surface area contributed by atoms with Crippen LogP contribution in [0.5, 0.6) is 0 Å². The summed E-state index contributed by atoms with van der Waals surface area (Å²) < 4.78 is 0. The Balaban J connectivity index is 1.87. The number of hydrogen-bond acceptors (Lipinski definition) is 2. The van der Waals surface area contributed by atoms with Gasteiger partial charge in [0.1, 0.15) is 0 Å². The number of nitrogens with zero attached hydrogens (tertiary/aromatic N) is 1. The van der Waals surface area contributed by atoms with Gasteiger partial charge >= 0.3 is 0 Å². The molecule has 20 heavy (non-hydrogen) atoms. The van der Waals surface area contributed by atoms with Gasteiger partial charge in [0.15, 0.2) is 0 Å². The molecule has 118 valence electrons. The van der Waals surface area contributed by atoms with Gasteiger partial charge in [-0.15, -0.1) is 0 Å². The van der Waals surface area contributed by atoms with Crippen LogP contribution in [0.3, 0.4) is 0 Å². The van der Waals surface area contributed by atoms with Crippen molar-refractivity contribution in [1.29, 1.82) is 0 Å². The van der Waals surface area contributed by atoms with Gasteiger partial charge in [0.25, 0.3) is 0 Å². The Morgan fingerprint density at radius 3 is 2.30 bits per heavy atom. The number of nitrogens with one attached hydrogen (secondary N) is 1. The maximum Gasteiger partial charge on any atom is 0.0110 e. The van der Waals surface area contributed by atoms with Crippen LogP contribution in [0.1, 0.15) is 72.1 Å². The van der Waals surface area contributed by atoms with E-state index in [0.29, 0.717) is 5.41 Å². The molecule has 2 aliphatic rings. The van der Waals surface area contributed by atoms with Crippen LogP contribution in [-0.2, 0) is 0 Å². The van der Waals surface area contributed by atoms with Gasteiger partial charge in [-0.25, -0.2) is 0 Å². The van der Waals surface area contributed by atoms with Crippen molar-refractivity contribution in [2.75, 3.05) is 20.1 Å². The molecule has 2 rings (SSSR count). The summed E-state index contributed by atoms with van der Waals surface area (Å²) in [5.41, 5.74) is 0.512. The summed E-state index contributed by atoms with van der Waals surface area (Å²) in [6, 6.07) is 1.74. The van der Waals surface area contributed by atoms with E-state index in [0.717, 1.165) is 18.0 Å². The molecule has 0 spiro atoms. The van der Waals surface area contributed by atoms with E-state index in [2.05, 4.69) is 38.0 Å². The van der Waals surface area contributed by atoms with E-state index >= 15 is 0 Å². The van der Waals surface area contributed by atoms with Gasteiger partial charge in [0.05, 0.1) is 0 Å². The highest BCUT2D eigenvalue weighted by Crippen LogP contribution is 2.40.